The number of benzene rings is 1. The molecule has 0 radical (unpaired) electrons. The third kappa shape index (κ3) is 5.59. The molecule has 19 heavy (non-hydrogen) atoms. The topological polar surface area (TPSA) is 81.4 Å². The van der Waals surface area contributed by atoms with E-state index in [0.29, 0.717) is 25.4 Å². The zero-order valence-electron chi connectivity index (χ0n) is 11.3. The highest BCUT2D eigenvalue weighted by molar-refractivity contribution is 7.89. The van der Waals surface area contributed by atoms with Crippen molar-refractivity contribution >= 4 is 10.0 Å². The molecule has 3 N–H and O–H groups in total. The van der Waals surface area contributed by atoms with Crippen molar-refractivity contribution in [3.05, 3.63) is 24.3 Å². The van der Waals surface area contributed by atoms with Gasteiger partial charge in [-0.25, -0.2) is 13.1 Å². The van der Waals surface area contributed by atoms with E-state index in [-0.39, 0.29) is 4.90 Å². The van der Waals surface area contributed by atoms with Crippen molar-refractivity contribution in [1.29, 1.82) is 0 Å². The van der Waals surface area contributed by atoms with E-state index in [0.717, 1.165) is 19.3 Å². The molecule has 0 spiro atoms. The van der Waals surface area contributed by atoms with Crippen LogP contribution in [-0.4, -0.2) is 28.1 Å². The lowest BCUT2D eigenvalue weighted by molar-refractivity contribution is 0.313. The van der Waals surface area contributed by atoms with Gasteiger partial charge in [0.25, 0.3) is 0 Å². The van der Waals surface area contributed by atoms with Crippen molar-refractivity contribution < 1.29 is 13.2 Å². The molecule has 1 aromatic carbocycles. The van der Waals surface area contributed by atoms with Crippen molar-refractivity contribution in [2.75, 3.05) is 19.7 Å². The number of unbranched alkanes of at least 4 members (excludes halogenated alkanes) is 1. The summed E-state index contributed by atoms with van der Waals surface area (Å²) in [6, 6.07) is 6.41. The van der Waals surface area contributed by atoms with Crippen LogP contribution in [0.4, 0.5) is 0 Å². The maximum Gasteiger partial charge on any atom is 0.240 e. The van der Waals surface area contributed by atoms with Gasteiger partial charge < -0.3 is 10.5 Å². The summed E-state index contributed by atoms with van der Waals surface area (Å²) in [5.41, 5.74) is 5.36. The number of nitrogens with one attached hydrogen (secondary N) is 1. The maximum absolute atomic E-state index is 11.9. The van der Waals surface area contributed by atoms with Gasteiger partial charge >= 0.3 is 0 Å². The molecule has 0 unspecified atom stereocenters. The highest BCUT2D eigenvalue weighted by Crippen LogP contribution is 2.16. The Balaban J connectivity index is 2.59. The van der Waals surface area contributed by atoms with Crippen molar-refractivity contribution in [3.63, 3.8) is 0 Å². The van der Waals surface area contributed by atoms with Gasteiger partial charge in [0.05, 0.1) is 11.5 Å². The van der Waals surface area contributed by atoms with Crippen LogP contribution in [0.1, 0.15) is 26.2 Å². The van der Waals surface area contributed by atoms with E-state index in [1.165, 1.54) is 0 Å². The van der Waals surface area contributed by atoms with E-state index in [9.17, 15) is 8.42 Å². The Morgan fingerprint density at radius 3 is 2.47 bits per heavy atom. The number of hydrogen-bond acceptors (Lipinski definition) is 4. The van der Waals surface area contributed by atoms with E-state index < -0.39 is 10.0 Å². The van der Waals surface area contributed by atoms with Gasteiger partial charge in [-0.2, -0.15) is 0 Å². The minimum atomic E-state index is -3.40. The first-order chi connectivity index (χ1) is 9.10. The largest absolute Gasteiger partial charge is 0.494 e. The van der Waals surface area contributed by atoms with E-state index in [4.69, 9.17) is 10.5 Å². The molecule has 0 fully saturated rings. The van der Waals surface area contributed by atoms with Gasteiger partial charge in [-0.05, 0) is 43.7 Å². The first kappa shape index (κ1) is 15.9. The Morgan fingerprint density at radius 2 is 1.89 bits per heavy atom. The van der Waals surface area contributed by atoms with Gasteiger partial charge in [0.15, 0.2) is 0 Å². The fourth-order valence-electron chi connectivity index (χ4n) is 1.46. The first-order valence-electron chi connectivity index (χ1n) is 6.52. The normalized spacial score (nSPS) is 11.5. The fourth-order valence-corrected chi connectivity index (χ4v) is 2.53. The highest BCUT2D eigenvalue weighted by Gasteiger charge is 2.12. The van der Waals surface area contributed by atoms with Gasteiger partial charge in [0, 0.05) is 6.54 Å². The second-order valence-corrected chi connectivity index (χ2v) is 5.98. The van der Waals surface area contributed by atoms with Crippen LogP contribution in [0.2, 0.25) is 0 Å². The van der Waals surface area contributed by atoms with Crippen LogP contribution in [0, 0.1) is 0 Å². The van der Waals surface area contributed by atoms with Crippen molar-refractivity contribution in [2.45, 2.75) is 31.1 Å². The van der Waals surface area contributed by atoms with Crippen molar-refractivity contribution in [3.8, 4) is 5.75 Å². The van der Waals surface area contributed by atoms with Crippen LogP contribution < -0.4 is 15.2 Å². The lowest BCUT2D eigenvalue weighted by atomic mass is 10.3. The molecule has 1 aromatic rings. The lowest BCUT2D eigenvalue weighted by Gasteiger charge is -2.08. The molecule has 0 aliphatic heterocycles. The summed E-state index contributed by atoms with van der Waals surface area (Å²) in [6.45, 7) is 3.60. The molecule has 0 bridgehead atoms. The second-order valence-electron chi connectivity index (χ2n) is 4.21. The monoisotopic (exact) mass is 286 g/mol. The highest BCUT2D eigenvalue weighted by atomic mass is 32.2. The Bertz CT molecular complexity index is 457. The third-order valence-electron chi connectivity index (χ3n) is 2.57. The Morgan fingerprint density at radius 1 is 1.21 bits per heavy atom. The molecule has 0 amide bonds. The predicted octanol–water partition coefficient (Wildman–Crippen LogP) is 1.49. The fraction of sp³-hybridized carbons (Fsp3) is 0.538. The van der Waals surface area contributed by atoms with Crippen LogP contribution in [0.5, 0.6) is 5.75 Å². The predicted molar refractivity (Wildman–Crippen MR) is 75.7 cm³/mol. The summed E-state index contributed by atoms with van der Waals surface area (Å²) in [4.78, 5) is 0.259. The standard InChI is InChI=1S/C13H22N2O3S/c1-2-3-10-15-19(16,17)13-7-5-12(6-8-13)18-11-4-9-14/h5-8,15H,2-4,9-11,14H2,1H3. The van der Waals surface area contributed by atoms with E-state index in [2.05, 4.69) is 4.72 Å². The minimum Gasteiger partial charge on any atom is -0.494 e. The average Bonchev–Trinajstić information content (AvgIpc) is 2.40. The maximum atomic E-state index is 11.9. The van der Waals surface area contributed by atoms with Crippen LogP contribution >= 0.6 is 0 Å². The molecule has 0 heterocycles. The van der Waals surface area contributed by atoms with Gasteiger partial charge in [0.1, 0.15) is 5.75 Å². The lowest BCUT2D eigenvalue weighted by Crippen LogP contribution is -2.24. The van der Waals surface area contributed by atoms with Gasteiger partial charge in [-0.1, -0.05) is 13.3 Å². The van der Waals surface area contributed by atoms with Crippen LogP contribution in [0.25, 0.3) is 0 Å². The molecule has 0 atom stereocenters. The average molecular weight is 286 g/mol. The molecule has 1 rings (SSSR count). The molecule has 0 saturated heterocycles. The molecule has 0 aromatic heterocycles. The zero-order chi connectivity index (χ0) is 14.1. The van der Waals surface area contributed by atoms with Crippen LogP contribution in [0.3, 0.4) is 0 Å². The Hall–Kier alpha value is -1.11. The Labute approximate surface area is 115 Å². The summed E-state index contributed by atoms with van der Waals surface area (Å²) in [7, 11) is -3.40. The van der Waals surface area contributed by atoms with Crippen molar-refractivity contribution in [2.24, 2.45) is 5.73 Å². The molecule has 6 heteroatoms. The molecule has 0 aliphatic carbocycles. The van der Waals surface area contributed by atoms with Gasteiger partial charge in [-0.3, -0.25) is 0 Å². The van der Waals surface area contributed by atoms with Gasteiger partial charge in [-0.15, -0.1) is 0 Å². The summed E-state index contributed by atoms with van der Waals surface area (Å²) < 4.78 is 31.8. The number of rotatable bonds is 9. The molecule has 5 nitrogen and oxygen atoms in total. The second kappa shape index (κ2) is 8.14. The SMILES string of the molecule is CCCCNS(=O)(=O)c1ccc(OCCCN)cc1. The Kier molecular flexibility index (Phi) is 6.83. The number of hydrogen-bond donors (Lipinski definition) is 2. The van der Waals surface area contributed by atoms with E-state index >= 15 is 0 Å². The summed E-state index contributed by atoms with van der Waals surface area (Å²) in [6.07, 6.45) is 2.56. The minimum absolute atomic E-state index is 0.259. The smallest absolute Gasteiger partial charge is 0.240 e. The third-order valence-corrected chi connectivity index (χ3v) is 4.05. The summed E-state index contributed by atoms with van der Waals surface area (Å²) in [5, 5.41) is 0. The molecular weight excluding hydrogens is 264 g/mol. The van der Waals surface area contributed by atoms with Gasteiger partial charge in [0.2, 0.25) is 10.0 Å². The molecule has 0 aliphatic rings. The number of sulfonamides is 1. The molecular formula is C13H22N2O3S. The molecule has 0 saturated carbocycles. The van der Waals surface area contributed by atoms with Crippen LogP contribution in [0.15, 0.2) is 29.2 Å². The number of ether oxygens (including phenoxy) is 1. The summed E-state index contributed by atoms with van der Waals surface area (Å²) in [5.74, 6) is 0.654. The van der Waals surface area contributed by atoms with Crippen LogP contribution in [-0.2, 0) is 10.0 Å². The van der Waals surface area contributed by atoms with E-state index in [1.54, 1.807) is 24.3 Å². The number of nitrogens with two attached hydrogens (primary N) is 1. The quantitative estimate of drug-likeness (QED) is 0.674. The summed E-state index contributed by atoms with van der Waals surface area (Å²) >= 11 is 0. The van der Waals surface area contributed by atoms with E-state index in [1.807, 2.05) is 6.92 Å². The first-order valence-corrected chi connectivity index (χ1v) is 8.01. The van der Waals surface area contributed by atoms with Crippen molar-refractivity contribution in [1.82, 2.24) is 4.72 Å². The zero-order valence-corrected chi connectivity index (χ0v) is 12.1. The molecule has 108 valence electrons.